The molecule has 0 radical (unpaired) electrons. The fourth-order valence-corrected chi connectivity index (χ4v) is 4.74. The summed E-state index contributed by atoms with van der Waals surface area (Å²) in [5, 5.41) is 45.0. The highest BCUT2D eigenvalue weighted by molar-refractivity contribution is 6.00. The van der Waals surface area contributed by atoms with Gasteiger partial charge in [0.2, 0.25) is 12.3 Å². The zero-order valence-electron chi connectivity index (χ0n) is 26.4. The third-order valence-electron chi connectivity index (χ3n) is 7.13. The maximum Gasteiger partial charge on any atom is 0.341 e. The molecule has 7 N–H and O–H groups in total. The Kier molecular flexibility index (Phi) is 15.4. The number of carboxylic acid groups (broad SMARTS) is 3. The fraction of sp³-hybridized carbons (Fsp3) is 0.419. The number of hydroxylamine groups is 2. The van der Waals surface area contributed by atoms with E-state index in [4.69, 9.17) is 14.9 Å². The molecule has 0 spiro atoms. The molecule has 0 saturated heterocycles. The second kappa shape index (κ2) is 19.2. The second-order valence-electron chi connectivity index (χ2n) is 10.6. The van der Waals surface area contributed by atoms with E-state index < -0.39 is 66.7 Å². The molecule has 0 aliphatic rings. The van der Waals surface area contributed by atoms with Crippen LogP contribution >= 0.6 is 0 Å². The van der Waals surface area contributed by atoms with Crippen LogP contribution in [0.15, 0.2) is 36.4 Å². The largest absolute Gasteiger partial charge is 0.481 e. The molecule has 0 aliphatic heterocycles. The number of rotatable bonds is 21. The van der Waals surface area contributed by atoms with Crippen LogP contribution in [-0.4, -0.2) is 98.0 Å². The van der Waals surface area contributed by atoms with Gasteiger partial charge in [0.15, 0.2) is 6.61 Å². The van der Waals surface area contributed by atoms with E-state index in [0.29, 0.717) is 24.3 Å². The van der Waals surface area contributed by atoms with Gasteiger partial charge >= 0.3 is 17.9 Å². The molecule has 2 rings (SSSR count). The van der Waals surface area contributed by atoms with Gasteiger partial charge in [0.05, 0.1) is 36.3 Å². The summed E-state index contributed by atoms with van der Waals surface area (Å²) in [6, 6.07) is 5.72. The highest BCUT2D eigenvalue weighted by atomic mass is 16.5. The lowest BCUT2D eigenvalue weighted by atomic mass is 9.90. The predicted molar refractivity (Wildman–Crippen MR) is 166 cm³/mol. The summed E-state index contributed by atoms with van der Waals surface area (Å²) in [6.07, 6.45) is 2.53. The van der Waals surface area contributed by atoms with Crippen LogP contribution in [-0.2, 0) is 24.0 Å². The van der Waals surface area contributed by atoms with Crippen LogP contribution in [0.5, 0.6) is 5.75 Å². The summed E-state index contributed by atoms with van der Waals surface area (Å²) in [5.74, 6) is -7.60. The SMILES string of the molecule is CCCCCC(C(=O)NCNC(=O)c1cccc(-c2ccc(C(=O)NC(CC(=O)O)C(=O)O)c(OCC(=O)O)c2)n1)C(CC)N(O)C=O. The number of hydrogen-bond donors (Lipinski definition) is 7. The Bertz CT molecular complexity index is 1480. The van der Waals surface area contributed by atoms with E-state index in [2.05, 4.69) is 20.9 Å². The lowest BCUT2D eigenvalue weighted by molar-refractivity contribution is -0.168. The average Bonchev–Trinajstić information content (AvgIpc) is 3.05. The molecule has 17 nitrogen and oxygen atoms in total. The van der Waals surface area contributed by atoms with Crippen molar-refractivity contribution in [2.75, 3.05) is 13.3 Å². The van der Waals surface area contributed by atoms with Gasteiger partial charge in [-0.2, -0.15) is 0 Å². The minimum Gasteiger partial charge on any atom is -0.481 e. The summed E-state index contributed by atoms with van der Waals surface area (Å²) in [4.78, 5) is 87.8. The summed E-state index contributed by atoms with van der Waals surface area (Å²) in [5.41, 5.74) is 0.131. The quantitative estimate of drug-likeness (QED) is 0.0326. The number of carboxylic acids is 3. The van der Waals surface area contributed by atoms with Crippen molar-refractivity contribution in [1.29, 1.82) is 0 Å². The maximum atomic E-state index is 13.0. The molecule has 0 saturated carbocycles. The lowest BCUT2D eigenvalue weighted by Crippen LogP contribution is -2.47. The van der Waals surface area contributed by atoms with Crippen molar-refractivity contribution < 1.29 is 58.8 Å². The molecule has 4 amide bonds. The zero-order chi connectivity index (χ0) is 35.8. The number of carbonyl (C=O) groups excluding carboxylic acids is 4. The molecule has 0 fully saturated rings. The molecule has 1 aromatic heterocycles. The Balaban J connectivity index is 2.23. The third-order valence-corrected chi connectivity index (χ3v) is 7.13. The van der Waals surface area contributed by atoms with Gasteiger partial charge in [0.25, 0.3) is 11.8 Å². The van der Waals surface area contributed by atoms with Gasteiger partial charge < -0.3 is 36.0 Å². The zero-order valence-corrected chi connectivity index (χ0v) is 26.4. The van der Waals surface area contributed by atoms with Gasteiger partial charge in [-0.05, 0) is 37.1 Å². The van der Waals surface area contributed by atoms with Crippen LogP contribution < -0.4 is 20.7 Å². The van der Waals surface area contributed by atoms with E-state index in [-0.39, 0.29) is 41.3 Å². The van der Waals surface area contributed by atoms with Crippen LogP contribution in [0.2, 0.25) is 0 Å². The molecule has 1 heterocycles. The molecular formula is C31H39N5O12. The first kappa shape index (κ1) is 38.6. The number of hydrogen-bond acceptors (Lipinski definition) is 10. The molecule has 1 aromatic carbocycles. The van der Waals surface area contributed by atoms with Crippen molar-refractivity contribution in [1.82, 2.24) is 26.0 Å². The molecule has 0 aliphatic carbocycles. The number of unbranched alkanes of at least 4 members (excludes halogenated alkanes) is 2. The maximum absolute atomic E-state index is 13.0. The van der Waals surface area contributed by atoms with Crippen LogP contribution in [0.4, 0.5) is 0 Å². The Morgan fingerprint density at radius 2 is 1.69 bits per heavy atom. The summed E-state index contributed by atoms with van der Waals surface area (Å²) < 4.78 is 5.25. The van der Waals surface area contributed by atoms with Crippen LogP contribution in [0.3, 0.4) is 0 Å². The smallest absolute Gasteiger partial charge is 0.341 e. The lowest BCUT2D eigenvalue weighted by Gasteiger charge is -2.29. The Hall–Kier alpha value is -5.58. The number of carbonyl (C=O) groups is 7. The van der Waals surface area contributed by atoms with Gasteiger partial charge in [-0.25, -0.2) is 19.6 Å². The van der Waals surface area contributed by atoms with E-state index in [1.165, 1.54) is 36.4 Å². The Labute approximate surface area is 275 Å². The monoisotopic (exact) mass is 673 g/mol. The van der Waals surface area contributed by atoms with Gasteiger partial charge in [-0.1, -0.05) is 45.2 Å². The average molecular weight is 674 g/mol. The van der Waals surface area contributed by atoms with Crippen molar-refractivity contribution >= 4 is 42.0 Å². The molecule has 260 valence electrons. The Morgan fingerprint density at radius 3 is 2.29 bits per heavy atom. The van der Waals surface area contributed by atoms with Crippen molar-refractivity contribution in [3.8, 4) is 17.0 Å². The van der Waals surface area contributed by atoms with Gasteiger partial charge in [-0.15, -0.1) is 0 Å². The number of nitrogens with zero attached hydrogens (tertiary/aromatic N) is 2. The Morgan fingerprint density at radius 1 is 0.958 bits per heavy atom. The molecule has 0 bridgehead atoms. The molecule has 3 unspecified atom stereocenters. The molecule has 2 aromatic rings. The molecule has 17 heteroatoms. The van der Waals surface area contributed by atoms with E-state index in [1.807, 2.05) is 6.92 Å². The molecule has 48 heavy (non-hydrogen) atoms. The van der Waals surface area contributed by atoms with Crippen LogP contribution in [0.1, 0.15) is 73.2 Å². The van der Waals surface area contributed by atoms with Crippen molar-refractivity contribution in [2.24, 2.45) is 5.92 Å². The highest BCUT2D eigenvalue weighted by Gasteiger charge is 2.31. The first-order chi connectivity index (χ1) is 22.8. The summed E-state index contributed by atoms with van der Waals surface area (Å²) >= 11 is 0. The van der Waals surface area contributed by atoms with Gasteiger partial charge in [0, 0.05) is 5.56 Å². The predicted octanol–water partition coefficient (Wildman–Crippen LogP) is 1.50. The highest BCUT2D eigenvalue weighted by Crippen LogP contribution is 2.27. The second-order valence-corrected chi connectivity index (χ2v) is 10.6. The minimum atomic E-state index is -1.77. The molecular weight excluding hydrogens is 634 g/mol. The molecule has 3 atom stereocenters. The van der Waals surface area contributed by atoms with Crippen LogP contribution in [0, 0.1) is 5.92 Å². The van der Waals surface area contributed by atoms with Gasteiger partial charge in [-0.3, -0.25) is 29.2 Å². The van der Waals surface area contributed by atoms with E-state index in [1.54, 1.807) is 6.92 Å². The number of aliphatic carboxylic acids is 3. The van der Waals surface area contributed by atoms with Crippen LogP contribution in [0.25, 0.3) is 11.3 Å². The van der Waals surface area contributed by atoms with E-state index >= 15 is 0 Å². The van der Waals surface area contributed by atoms with E-state index in [0.717, 1.165) is 12.8 Å². The number of aromatic nitrogens is 1. The topological polar surface area (TPSA) is 262 Å². The number of nitrogens with one attached hydrogen (secondary N) is 3. The van der Waals surface area contributed by atoms with Crippen molar-refractivity contribution in [3.63, 3.8) is 0 Å². The number of amides is 4. The number of ether oxygens (including phenoxy) is 1. The van der Waals surface area contributed by atoms with Crippen molar-refractivity contribution in [2.45, 2.75) is 64.5 Å². The minimum absolute atomic E-state index is 0.0667. The third kappa shape index (κ3) is 11.7. The fourth-order valence-electron chi connectivity index (χ4n) is 4.74. The first-order valence-electron chi connectivity index (χ1n) is 15.0. The van der Waals surface area contributed by atoms with E-state index in [9.17, 15) is 43.9 Å². The summed E-state index contributed by atoms with van der Waals surface area (Å²) in [7, 11) is 0. The normalized spacial score (nSPS) is 12.5. The van der Waals surface area contributed by atoms with Gasteiger partial charge in [0.1, 0.15) is 17.5 Å². The summed E-state index contributed by atoms with van der Waals surface area (Å²) in [6.45, 7) is 2.58. The first-order valence-corrected chi connectivity index (χ1v) is 15.0. The number of pyridine rings is 1. The standard InChI is InChI=1S/C31H39N5O12/c1-3-5-6-8-19(24(4-2)36(47)17-37)28(42)32-16-33-30(44)22-10-7-9-21(34-22)18-11-12-20(25(13-18)48-15-27(40)41)29(43)35-23(31(45)46)14-26(38)39/h7,9-13,17,19,23-24,47H,3-6,8,14-16H2,1-2H3,(H,32,42)(H,33,44)(H,35,43)(H,38,39)(H,40,41)(H,45,46). The van der Waals surface area contributed by atoms with Crippen molar-refractivity contribution in [3.05, 3.63) is 47.7 Å². The number of benzene rings is 1.